The van der Waals surface area contributed by atoms with Gasteiger partial charge in [-0.25, -0.2) is 0 Å². The number of hydrogen-bond acceptors (Lipinski definition) is 4. The van der Waals surface area contributed by atoms with E-state index in [4.69, 9.17) is 9.47 Å². The zero-order valence-electron chi connectivity index (χ0n) is 19.3. The van der Waals surface area contributed by atoms with Crippen LogP contribution in [0.2, 0.25) is 0 Å². The van der Waals surface area contributed by atoms with E-state index < -0.39 is 18.5 Å². The zero-order chi connectivity index (χ0) is 24.3. The number of nitrogens with one attached hydrogen (secondary N) is 1. The van der Waals surface area contributed by atoms with E-state index in [1.807, 2.05) is 18.2 Å². The van der Waals surface area contributed by atoms with E-state index in [0.717, 1.165) is 29.2 Å². The third-order valence-corrected chi connectivity index (χ3v) is 5.61. The van der Waals surface area contributed by atoms with Gasteiger partial charge in [0.1, 0.15) is 13.2 Å². The largest absolute Gasteiger partial charge is 0.486 e. The number of fused-ring (bicyclic) bond motifs is 1. The van der Waals surface area contributed by atoms with Crippen LogP contribution in [0.4, 0.5) is 22.0 Å². The van der Waals surface area contributed by atoms with Gasteiger partial charge in [0.05, 0.1) is 0 Å². The predicted molar refractivity (Wildman–Crippen MR) is 119 cm³/mol. The lowest BCUT2D eigenvalue weighted by Gasteiger charge is -2.19. The highest BCUT2D eigenvalue weighted by Crippen LogP contribution is 2.39. The van der Waals surface area contributed by atoms with Crippen LogP contribution in [0.3, 0.4) is 0 Å². The van der Waals surface area contributed by atoms with Gasteiger partial charge in [0.25, 0.3) is 0 Å². The first-order valence-electron chi connectivity index (χ1n) is 11.5. The number of halogens is 5. The molecule has 2 aliphatic heterocycles. The average molecular weight is 479 g/mol. The summed E-state index contributed by atoms with van der Waals surface area (Å²) in [6, 6.07) is 5.76. The van der Waals surface area contributed by atoms with Crippen LogP contribution in [-0.4, -0.2) is 56.9 Å². The van der Waals surface area contributed by atoms with Gasteiger partial charge in [-0.1, -0.05) is 19.1 Å². The van der Waals surface area contributed by atoms with Crippen molar-refractivity contribution in [1.29, 1.82) is 0 Å². The van der Waals surface area contributed by atoms with Gasteiger partial charge in [-0.2, -0.15) is 22.0 Å². The van der Waals surface area contributed by atoms with Crippen molar-refractivity contribution in [3.63, 3.8) is 0 Å². The Kier molecular flexibility index (Phi) is 10.7. The first-order valence-corrected chi connectivity index (χ1v) is 11.5. The minimum Gasteiger partial charge on any atom is -0.486 e. The van der Waals surface area contributed by atoms with Gasteiger partial charge in [-0.05, 0) is 76.4 Å². The normalized spacial score (nSPS) is 16.2. The monoisotopic (exact) mass is 478 g/mol. The number of nitrogens with zero attached hydrogens (tertiary/aromatic N) is 1. The fourth-order valence-corrected chi connectivity index (χ4v) is 3.59. The molecule has 0 atom stereocenters. The molecule has 0 spiro atoms. The van der Waals surface area contributed by atoms with Crippen LogP contribution in [0.15, 0.2) is 30.5 Å². The Morgan fingerprint density at radius 1 is 1.00 bits per heavy atom. The van der Waals surface area contributed by atoms with Gasteiger partial charge < -0.3 is 19.7 Å². The van der Waals surface area contributed by atoms with Crippen LogP contribution in [0, 0.1) is 0 Å². The Hall–Kier alpha value is -2.03. The number of alkyl halides is 5. The Morgan fingerprint density at radius 2 is 1.67 bits per heavy atom. The van der Waals surface area contributed by atoms with Crippen molar-refractivity contribution in [1.82, 2.24) is 10.2 Å². The number of ether oxygens (including phenoxy) is 2. The number of likely N-dealkylation sites (tertiary alicyclic amines) is 1. The average Bonchev–Trinajstić information content (AvgIpc) is 3.24. The molecule has 9 heteroatoms. The molecule has 0 radical (unpaired) electrons. The number of allylic oxidation sites excluding steroid dienone is 1. The highest BCUT2D eigenvalue weighted by molar-refractivity contribution is 5.43. The lowest BCUT2D eigenvalue weighted by molar-refractivity contribution is -0.284. The summed E-state index contributed by atoms with van der Waals surface area (Å²) >= 11 is 0. The van der Waals surface area contributed by atoms with Crippen molar-refractivity contribution >= 4 is 0 Å². The van der Waals surface area contributed by atoms with Gasteiger partial charge >= 0.3 is 12.1 Å². The second-order valence-corrected chi connectivity index (χ2v) is 8.53. The van der Waals surface area contributed by atoms with Crippen LogP contribution in [0.25, 0.3) is 0 Å². The fraction of sp³-hybridized carbons (Fsp3) is 0.667. The minimum absolute atomic E-state index is 0.170. The van der Waals surface area contributed by atoms with Gasteiger partial charge in [0.2, 0.25) is 0 Å². The van der Waals surface area contributed by atoms with Crippen LogP contribution in [0.5, 0.6) is 11.5 Å². The molecule has 0 saturated carbocycles. The lowest BCUT2D eigenvalue weighted by atomic mass is 10.1. The van der Waals surface area contributed by atoms with Crippen LogP contribution in [0.1, 0.15) is 50.5 Å². The highest BCUT2D eigenvalue weighted by Gasteiger charge is 2.56. The third kappa shape index (κ3) is 9.78. The maximum atomic E-state index is 12.8. The molecule has 2 heterocycles. The summed E-state index contributed by atoms with van der Waals surface area (Å²) in [5, 5.41) is 3.15. The molecule has 33 heavy (non-hydrogen) atoms. The molecule has 1 aromatic rings. The summed E-state index contributed by atoms with van der Waals surface area (Å²) in [6.07, 6.45) is -1.87. The van der Waals surface area contributed by atoms with E-state index >= 15 is 0 Å². The van der Waals surface area contributed by atoms with E-state index in [0.29, 0.717) is 39.0 Å². The molecule has 1 N–H and O–H groups in total. The maximum Gasteiger partial charge on any atom is 0.453 e. The van der Waals surface area contributed by atoms with Gasteiger partial charge in [0, 0.05) is 18.7 Å². The maximum absolute atomic E-state index is 12.8. The molecule has 0 unspecified atom stereocenters. The molecule has 3 rings (SSSR count). The molecular weight excluding hydrogens is 443 g/mol. The van der Waals surface area contributed by atoms with Crippen molar-refractivity contribution in [2.45, 2.75) is 63.5 Å². The molecular formula is C24H35F5N2O2. The summed E-state index contributed by atoms with van der Waals surface area (Å²) in [5.41, 5.74) is 1.82. The Bertz CT molecular complexity index is 734. The molecule has 2 aliphatic rings. The zero-order valence-corrected chi connectivity index (χ0v) is 19.3. The highest BCUT2D eigenvalue weighted by atomic mass is 19.4. The quantitative estimate of drug-likeness (QED) is 0.332. The van der Waals surface area contributed by atoms with Crippen molar-refractivity contribution in [3.05, 3.63) is 36.0 Å². The first-order chi connectivity index (χ1) is 15.6. The molecule has 0 aliphatic carbocycles. The van der Waals surface area contributed by atoms with E-state index in [-0.39, 0.29) is 6.42 Å². The predicted octanol–water partition coefficient (Wildman–Crippen LogP) is 5.96. The SMILES string of the molecule is C=C(CCCCCC(F)(F)C(F)(F)F)NCCc1ccc2c(c1)OCCO2.CN1CCCC1. The standard InChI is InChI=1S/C19H24F5NO2.C5H11N/c1-14(5-3-2-4-9-18(20,21)19(22,23)24)25-10-8-15-6-7-16-17(13-15)27-12-11-26-16;1-6-4-2-3-5-6/h6-7,13,25H,1-5,8-12H2;2-5H2,1H3. The summed E-state index contributed by atoms with van der Waals surface area (Å²) in [6.45, 7) is 8.21. The second kappa shape index (κ2) is 13.0. The van der Waals surface area contributed by atoms with Gasteiger partial charge in [0.15, 0.2) is 11.5 Å². The first kappa shape index (κ1) is 27.2. The Labute approximate surface area is 193 Å². The van der Waals surface area contributed by atoms with E-state index in [9.17, 15) is 22.0 Å². The van der Waals surface area contributed by atoms with Gasteiger partial charge in [-0.3, -0.25) is 0 Å². The summed E-state index contributed by atoms with van der Waals surface area (Å²) in [7, 11) is 2.17. The van der Waals surface area contributed by atoms with Gasteiger partial charge in [-0.15, -0.1) is 0 Å². The molecule has 0 amide bonds. The molecule has 1 saturated heterocycles. The number of hydrogen-bond donors (Lipinski definition) is 1. The summed E-state index contributed by atoms with van der Waals surface area (Å²) < 4.78 is 72.7. The van der Waals surface area contributed by atoms with Crippen molar-refractivity contribution < 1.29 is 31.4 Å². The number of benzene rings is 1. The molecule has 0 aromatic heterocycles. The van der Waals surface area contributed by atoms with E-state index in [1.54, 1.807) is 0 Å². The summed E-state index contributed by atoms with van der Waals surface area (Å²) in [4.78, 5) is 2.36. The van der Waals surface area contributed by atoms with E-state index in [2.05, 4.69) is 23.8 Å². The van der Waals surface area contributed by atoms with Crippen molar-refractivity contribution in [2.75, 3.05) is 39.9 Å². The Morgan fingerprint density at radius 3 is 2.27 bits per heavy atom. The molecule has 1 aromatic carbocycles. The van der Waals surface area contributed by atoms with Crippen molar-refractivity contribution in [3.8, 4) is 11.5 Å². The molecule has 4 nitrogen and oxygen atoms in total. The minimum atomic E-state index is -5.47. The number of unbranched alkanes of at least 4 members (excludes halogenated alkanes) is 2. The molecule has 188 valence electrons. The lowest BCUT2D eigenvalue weighted by Crippen LogP contribution is -2.36. The molecule has 1 fully saturated rings. The topological polar surface area (TPSA) is 33.7 Å². The van der Waals surface area contributed by atoms with E-state index in [1.165, 1.54) is 25.9 Å². The third-order valence-electron chi connectivity index (χ3n) is 5.61. The summed E-state index contributed by atoms with van der Waals surface area (Å²) in [5.74, 6) is -3.14. The second-order valence-electron chi connectivity index (χ2n) is 8.53. The molecule has 0 bridgehead atoms. The number of rotatable bonds is 10. The van der Waals surface area contributed by atoms with Crippen LogP contribution < -0.4 is 14.8 Å². The van der Waals surface area contributed by atoms with Crippen LogP contribution in [-0.2, 0) is 6.42 Å². The fourth-order valence-electron chi connectivity index (χ4n) is 3.59. The van der Waals surface area contributed by atoms with Crippen LogP contribution >= 0.6 is 0 Å². The smallest absolute Gasteiger partial charge is 0.453 e. The Balaban J connectivity index is 0.000000554. The van der Waals surface area contributed by atoms with Crippen molar-refractivity contribution in [2.24, 2.45) is 0 Å².